The van der Waals surface area contributed by atoms with Gasteiger partial charge in [-0.25, -0.2) is 9.97 Å². The molecular formula is C24H22F3N5O2. The summed E-state index contributed by atoms with van der Waals surface area (Å²) in [6, 6.07) is 11.7. The number of ether oxygens (including phenoxy) is 1. The van der Waals surface area contributed by atoms with Gasteiger partial charge in [0.15, 0.2) is 0 Å². The number of amides is 1. The number of benzene rings is 2. The average Bonchev–Trinajstić information content (AvgIpc) is 3.42. The van der Waals surface area contributed by atoms with E-state index in [4.69, 9.17) is 9.97 Å². The topological polar surface area (TPSA) is 79.4 Å². The van der Waals surface area contributed by atoms with E-state index in [1.165, 1.54) is 36.4 Å². The third-order valence-corrected chi connectivity index (χ3v) is 6.00. The molecule has 0 aliphatic carbocycles. The Morgan fingerprint density at radius 2 is 2.00 bits per heavy atom. The first-order valence-corrected chi connectivity index (χ1v) is 10.9. The van der Waals surface area contributed by atoms with Gasteiger partial charge in [-0.05, 0) is 55.3 Å². The van der Waals surface area contributed by atoms with Gasteiger partial charge in [-0.15, -0.1) is 13.2 Å². The maximum atomic E-state index is 12.3. The van der Waals surface area contributed by atoms with Crippen molar-refractivity contribution < 1.29 is 22.7 Å². The first-order chi connectivity index (χ1) is 16.2. The zero-order valence-corrected chi connectivity index (χ0v) is 18.3. The Bertz CT molecular complexity index is 1260. The van der Waals surface area contributed by atoms with Crippen molar-refractivity contribution in [1.82, 2.24) is 15.3 Å². The number of nitrogens with zero attached hydrogens (tertiary/aromatic N) is 3. The number of piperazine rings is 1. The number of carbonyl (C=O) groups is 1. The van der Waals surface area contributed by atoms with Crippen LogP contribution in [0.4, 0.5) is 24.8 Å². The molecule has 2 aliphatic rings. The number of fused-ring (bicyclic) bond motifs is 3. The number of carbonyl (C=O) groups excluding carboxylic acids is 1. The molecule has 2 atom stereocenters. The van der Waals surface area contributed by atoms with Crippen molar-refractivity contribution in [2.75, 3.05) is 23.3 Å². The molecule has 2 aromatic carbocycles. The summed E-state index contributed by atoms with van der Waals surface area (Å²) in [5.41, 5.74) is 2.81. The summed E-state index contributed by atoms with van der Waals surface area (Å²) in [6.07, 6.45) is -0.808. The van der Waals surface area contributed by atoms with Crippen molar-refractivity contribution >= 4 is 34.5 Å². The van der Waals surface area contributed by atoms with Gasteiger partial charge in [0.2, 0.25) is 11.9 Å². The molecule has 1 amide bonds. The summed E-state index contributed by atoms with van der Waals surface area (Å²) in [5, 5.41) is 7.12. The number of rotatable bonds is 5. The minimum atomic E-state index is -4.74. The molecule has 7 nitrogen and oxygen atoms in total. The Morgan fingerprint density at radius 1 is 1.21 bits per heavy atom. The van der Waals surface area contributed by atoms with E-state index in [1.54, 1.807) is 6.07 Å². The maximum Gasteiger partial charge on any atom is 0.573 e. The average molecular weight is 469 g/mol. The molecule has 2 bridgehead atoms. The predicted octanol–water partition coefficient (Wildman–Crippen LogP) is 4.04. The fourth-order valence-electron chi connectivity index (χ4n) is 4.41. The monoisotopic (exact) mass is 469 g/mol. The lowest BCUT2D eigenvalue weighted by Gasteiger charge is -2.27. The molecule has 3 heterocycles. The lowest BCUT2D eigenvalue weighted by molar-refractivity contribution is -0.274. The van der Waals surface area contributed by atoms with Gasteiger partial charge in [0.25, 0.3) is 0 Å². The summed E-state index contributed by atoms with van der Waals surface area (Å²) >= 11 is 0. The molecule has 2 aliphatic heterocycles. The Hall–Kier alpha value is -3.66. The summed E-state index contributed by atoms with van der Waals surface area (Å²) in [6.45, 7) is 3.79. The van der Waals surface area contributed by atoms with Crippen LogP contribution in [0.3, 0.4) is 0 Å². The van der Waals surface area contributed by atoms with Gasteiger partial charge >= 0.3 is 6.36 Å². The Labute approximate surface area is 193 Å². The zero-order valence-electron chi connectivity index (χ0n) is 18.3. The van der Waals surface area contributed by atoms with E-state index in [-0.39, 0.29) is 11.7 Å². The number of aromatic nitrogens is 2. The molecule has 0 spiro atoms. The number of hydrogen-bond acceptors (Lipinski definition) is 6. The molecule has 1 aromatic heterocycles. The van der Waals surface area contributed by atoms with Crippen molar-refractivity contribution in [2.45, 2.75) is 31.8 Å². The first kappa shape index (κ1) is 22.1. The molecule has 10 heteroatoms. The molecule has 2 unspecified atom stereocenters. The second-order valence-corrected chi connectivity index (χ2v) is 8.43. The van der Waals surface area contributed by atoms with Crippen LogP contribution in [0.25, 0.3) is 17.0 Å². The van der Waals surface area contributed by atoms with Gasteiger partial charge in [-0.3, -0.25) is 4.79 Å². The predicted molar refractivity (Wildman–Crippen MR) is 123 cm³/mol. The van der Waals surface area contributed by atoms with Crippen LogP contribution in [0.5, 0.6) is 5.75 Å². The van der Waals surface area contributed by atoms with Crippen LogP contribution < -0.4 is 20.3 Å². The van der Waals surface area contributed by atoms with Crippen molar-refractivity contribution in [3.63, 3.8) is 0 Å². The van der Waals surface area contributed by atoms with Crippen LogP contribution in [0.15, 0.2) is 48.5 Å². The normalized spacial score (nSPS) is 19.8. The Morgan fingerprint density at radius 3 is 2.68 bits per heavy atom. The number of anilines is 2. The van der Waals surface area contributed by atoms with E-state index < -0.39 is 6.36 Å². The molecule has 5 rings (SSSR count). The van der Waals surface area contributed by atoms with Crippen LogP contribution in [0.2, 0.25) is 0 Å². The molecule has 2 N–H and O–H groups in total. The molecule has 3 aromatic rings. The number of nitrogens with one attached hydrogen (secondary N) is 2. The molecular weight excluding hydrogens is 447 g/mol. The number of alkyl halides is 3. The molecule has 2 saturated heterocycles. The smallest absolute Gasteiger partial charge is 0.406 e. The number of hydrogen-bond donors (Lipinski definition) is 2. The standard InChI is InChI=1S/C24H22F3N5O2/c1-14-20-11-16(5-8-21(20)31-23(29-14)32-13-17-10-18(32)12-28-17)30-22(33)9-4-15-2-6-19(7-3-15)34-24(25,26)27/h2-9,11,17-18,28H,10,12-13H2,1H3,(H,30,33)/b9-4+. The highest BCUT2D eigenvalue weighted by atomic mass is 19.4. The molecule has 176 valence electrons. The highest BCUT2D eigenvalue weighted by Gasteiger charge is 2.39. The first-order valence-electron chi connectivity index (χ1n) is 10.9. The summed E-state index contributed by atoms with van der Waals surface area (Å²) < 4.78 is 40.6. The largest absolute Gasteiger partial charge is 0.573 e. The van der Waals surface area contributed by atoms with E-state index in [0.29, 0.717) is 23.3 Å². The third-order valence-electron chi connectivity index (χ3n) is 6.00. The van der Waals surface area contributed by atoms with Crippen LogP contribution in [0, 0.1) is 6.92 Å². The van der Waals surface area contributed by atoms with Crippen molar-refractivity contribution in [1.29, 1.82) is 0 Å². The lowest BCUT2D eigenvalue weighted by Crippen LogP contribution is -2.44. The van der Waals surface area contributed by atoms with Gasteiger partial charge < -0.3 is 20.3 Å². The highest BCUT2D eigenvalue weighted by Crippen LogP contribution is 2.29. The second kappa shape index (κ2) is 8.60. The minimum Gasteiger partial charge on any atom is -0.406 e. The zero-order chi connectivity index (χ0) is 23.9. The molecule has 0 radical (unpaired) electrons. The van der Waals surface area contributed by atoms with Crippen LogP contribution in [-0.4, -0.2) is 47.4 Å². The van der Waals surface area contributed by atoms with Gasteiger partial charge in [0.05, 0.1) is 11.2 Å². The quantitative estimate of drug-likeness (QED) is 0.550. The molecule has 34 heavy (non-hydrogen) atoms. The van der Waals surface area contributed by atoms with Gasteiger partial charge in [0.1, 0.15) is 5.75 Å². The van der Waals surface area contributed by atoms with Crippen molar-refractivity contribution in [3.05, 3.63) is 59.8 Å². The van der Waals surface area contributed by atoms with Gasteiger partial charge in [0, 0.05) is 42.3 Å². The number of aryl methyl sites for hydroxylation is 1. The molecule has 2 fully saturated rings. The van der Waals surface area contributed by atoms with E-state index in [9.17, 15) is 18.0 Å². The van der Waals surface area contributed by atoms with E-state index in [2.05, 4.69) is 20.3 Å². The fraction of sp³-hybridized carbons (Fsp3) is 0.292. The van der Waals surface area contributed by atoms with E-state index in [0.717, 1.165) is 42.1 Å². The van der Waals surface area contributed by atoms with E-state index >= 15 is 0 Å². The Kier molecular flexibility index (Phi) is 5.60. The SMILES string of the molecule is Cc1nc(N2CC3CC2CN3)nc2ccc(NC(=O)/C=C/c3ccc(OC(F)(F)F)cc3)cc12. The van der Waals surface area contributed by atoms with Crippen molar-refractivity contribution in [3.8, 4) is 5.75 Å². The minimum absolute atomic E-state index is 0.320. The van der Waals surface area contributed by atoms with Gasteiger partial charge in [-0.2, -0.15) is 0 Å². The van der Waals surface area contributed by atoms with E-state index in [1.807, 2.05) is 19.1 Å². The summed E-state index contributed by atoms with van der Waals surface area (Å²) in [5.74, 6) is 0.0519. The van der Waals surface area contributed by atoms with Crippen LogP contribution >= 0.6 is 0 Å². The second-order valence-electron chi connectivity index (χ2n) is 8.43. The van der Waals surface area contributed by atoms with Gasteiger partial charge in [-0.1, -0.05) is 12.1 Å². The van der Waals surface area contributed by atoms with Crippen LogP contribution in [0.1, 0.15) is 17.7 Å². The van der Waals surface area contributed by atoms with Crippen LogP contribution in [-0.2, 0) is 4.79 Å². The summed E-state index contributed by atoms with van der Waals surface area (Å²) in [4.78, 5) is 24.1. The summed E-state index contributed by atoms with van der Waals surface area (Å²) in [7, 11) is 0. The molecule has 0 saturated carbocycles. The number of halogens is 3. The highest BCUT2D eigenvalue weighted by molar-refractivity contribution is 6.03. The third kappa shape index (κ3) is 4.81. The lowest BCUT2D eigenvalue weighted by atomic mass is 10.1. The fourth-order valence-corrected chi connectivity index (χ4v) is 4.41. The maximum absolute atomic E-state index is 12.3. The Balaban J connectivity index is 1.26. The van der Waals surface area contributed by atoms with Crippen molar-refractivity contribution in [2.24, 2.45) is 0 Å².